The molecule has 0 N–H and O–H groups in total. The summed E-state index contributed by atoms with van der Waals surface area (Å²) in [6.45, 7) is 4.28. The van der Waals surface area contributed by atoms with Crippen LogP contribution in [0.25, 0.3) is 0 Å². The highest BCUT2D eigenvalue weighted by atomic mass is 16.5. The van der Waals surface area contributed by atoms with Crippen molar-refractivity contribution in [3.63, 3.8) is 0 Å². The van der Waals surface area contributed by atoms with Gasteiger partial charge in [-0.15, -0.1) is 0 Å². The van der Waals surface area contributed by atoms with Gasteiger partial charge >= 0.3 is 0 Å². The molecule has 0 unspecified atom stereocenters. The van der Waals surface area contributed by atoms with Gasteiger partial charge in [0, 0.05) is 13.2 Å². The zero-order chi connectivity index (χ0) is 27.5. The van der Waals surface area contributed by atoms with Crippen LogP contribution in [0.2, 0.25) is 0 Å². The third-order valence-corrected chi connectivity index (χ3v) is 7.33. The smallest absolute Gasteiger partial charge is 0.0822 e. The van der Waals surface area contributed by atoms with Crippen LogP contribution in [-0.2, 0) is 9.84 Å². The highest BCUT2D eigenvalue weighted by Gasteiger charge is 1.94. The predicted octanol–water partition coefficient (Wildman–Crippen LogP) is 12.3. The van der Waals surface area contributed by atoms with E-state index in [1.54, 1.807) is 0 Å². The van der Waals surface area contributed by atoms with Gasteiger partial charge in [-0.1, -0.05) is 133 Å². The minimum Gasteiger partial charge on any atom is -0.381 e. The summed E-state index contributed by atoms with van der Waals surface area (Å²) < 4.78 is 5.83. The van der Waals surface area contributed by atoms with Crippen molar-refractivity contribution in [2.75, 3.05) is 19.8 Å². The molecule has 0 saturated heterocycles. The Morgan fingerprint density at radius 2 is 0.737 bits per heavy atom. The van der Waals surface area contributed by atoms with E-state index in [9.17, 15) is 5.11 Å². The first-order chi connectivity index (χ1) is 18.9. The van der Waals surface area contributed by atoms with Crippen molar-refractivity contribution in [1.82, 2.24) is 0 Å². The molecule has 2 nitrogen and oxygen atoms in total. The number of hydrogen-bond donors (Lipinski definition) is 0. The molecular weight excluding hydrogens is 464 g/mol. The van der Waals surface area contributed by atoms with Gasteiger partial charge in [0.25, 0.3) is 0 Å². The van der Waals surface area contributed by atoms with Crippen molar-refractivity contribution >= 4 is 0 Å². The molecule has 0 fully saturated rings. The van der Waals surface area contributed by atoms with E-state index in [1.165, 1.54) is 148 Å². The minimum absolute atomic E-state index is 0.100. The molecule has 0 amide bonds. The zero-order valence-corrected chi connectivity index (χ0v) is 25.8. The van der Waals surface area contributed by atoms with Crippen LogP contribution in [0.4, 0.5) is 0 Å². The van der Waals surface area contributed by atoms with Gasteiger partial charge in [0.15, 0.2) is 0 Å². The van der Waals surface area contributed by atoms with E-state index in [-0.39, 0.29) is 6.61 Å². The van der Waals surface area contributed by atoms with Gasteiger partial charge in [-0.25, -0.2) is 5.11 Å². The van der Waals surface area contributed by atoms with Crippen LogP contribution >= 0.6 is 0 Å². The fourth-order valence-electron chi connectivity index (χ4n) is 4.77. The number of rotatable bonds is 32. The molecule has 0 bridgehead atoms. The number of allylic oxidation sites excluding steroid dienone is 6. The average Bonchev–Trinajstić information content (AvgIpc) is 2.93. The normalized spacial score (nSPS) is 12.2. The first-order valence-corrected chi connectivity index (χ1v) is 17.0. The van der Waals surface area contributed by atoms with Crippen LogP contribution in [-0.4, -0.2) is 19.8 Å². The monoisotopic (exact) mass is 532 g/mol. The van der Waals surface area contributed by atoms with E-state index in [2.05, 4.69) is 43.4 Å². The maximum atomic E-state index is 10.4. The lowest BCUT2D eigenvalue weighted by Gasteiger charge is -2.04. The van der Waals surface area contributed by atoms with Crippen molar-refractivity contribution in [3.05, 3.63) is 36.5 Å². The number of ether oxygens (including phenoxy) is 1. The third kappa shape index (κ3) is 35.1. The Bertz CT molecular complexity index is 494. The first kappa shape index (κ1) is 37.1. The quantitative estimate of drug-likeness (QED) is 0.0626. The summed E-state index contributed by atoms with van der Waals surface area (Å²) >= 11 is 0. The van der Waals surface area contributed by atoms with Crippen LogP contribution in [0.1, 0.15) is 174 Å². The lowest BCUT2D eigenvalue weighted by atomic mass is 10.1. The number of hydrogen-bond acceptors (Lipinski definition) is 1. The molecule has 1 radical (unpaired) electrons. The molecular formula is C36H67O2. The van der Waals surface area contributed by atoms with Crippen molar-refractivity contribution in [2.24, 2.45) is 0 Å². The molecule has 0 heterocycles. The summed E-state index contributed by atoms with van der Waals surface area (Å²) in [5.41, 5.74) is 0. The standard InChI is InChI=1S/C36H67O2/c1-2-3-4-5-6-7-8-9-10-14-17-20-23-26-29-32-35-38-36-33-30-27-24-21-18-15-12-11-13-16-19-22-25-28-31-34-37/h9-12,18,21H,2-8,13-17,19-20,22-36H2,1H3/b10-9?,12-11-,21-18?. The second kappa shape index (κ2) is 36.1. The number of unbranched alkanes of at least 4 members (excludes halogenated alkanes) is 21. The summed E-state index contributed by atoms with van der Waals surface area (Å²) in [6.07, 6.45) is 47.5. The van der Waals surface area contributed by atoms with E-state index in [0.717, 1.165) is 32.5 Å². The van der Waals surface area contributed by atoms with Gasteiger partial charge in [-0.3, -0.25) is 0 Å². The Kier molecular flexibility index (Phi) is 35.3. The van der Waals surface area contributed by atoms with E-state index < -0.39 is 0 Å². The van der Waals surface area contributed by atoms with Crippen LogP contribution < -0.4 is 0 Å². The van der Waals surface area contributed by atoms with E-state index in [1.807, 2.05) is 0 Å². The summed E-state index contributed by atoms with van der Waals surface area (Å²) in [4.78, 5) is 0. The predicted molar refractivity (Wildman–Crippen MR) is 170 cm³/mol. The lowest BCUT2D eigenvalue weighted by Crippen LogP contribution is -1.97. The van der Waals surface area contributed by atoms with Crippen LogP contribution in [0.3, 0.4) is 0 Å². The van der Waals surface area contributed by atoms with Crippen LogP contribution in [0, 0.1) is 0 Å². The SMILES string of the molecule is CCCCCCCCC=CCCCCCCCCOCCCCCC=CC/C=C\CCCCCCCC[O]. The minimum atomic E-state index is 0.100. The second-order valence-corrected chi connectivity index (χ2v) is 11.2. The lowest BCUT2D eigenvalue weighted by molar-refractivity contribution is 0.126. The Hall–Kier alpha value is -0.860. The molecule has 0 aromatic rings. The highest BCUT2D eigenvalue weighted by Crippen LogP contribution is 2.11. The molecule has 0 aliphatic carbocycles. The molecule has 223 valence electrons. The van der Waals surface area contributed by atoms with Crippen molar-refractivity contribution in [2.45, 2.75) is 174 Å². The molecule has 38 heavy (non-hydrogen) atoms. The average molecular weight is 532 g/mol. The largest absolute Gasteiger partial charge is 0.381 e. The fourth-order valence-corrected chi connectivity index (χ4v) is 4.77. The Morgan fingerprint density at radius 3 is 1.18 bits per heavy atom. The van der Waals surface area contributed by atoms with Gasteiger partial charge in [0.05, 0.1) is 6.61 Å². The maximum absolute atomic E-state index is 10.4. The van der Waals surface area contributed by atoms with Gasteiger partial charge in [-0.2, -0.15) is 0 Å². The van der Waals surface area contributed by atoms with Crippen molar-refractivity contribution in [3.8, 4) is 0 Å². The van der Waals surface area contributed by atoms with Gasteiger partial charge in [0.2, 0.25) is 0 Å². The van der Waals surface area contributed by atoms with Crippen molar-refractivity contribution in [1.29, 1.82) is 0 Å². The zero-order valence-electron chi connectivity index (χ0n) is 25.8. The molecule has 0 aliphatic heterocycles. The molecule has 0 spiro atoms. The molecule has 0 aliphatic rings. The van der Waals surface area contributed by atoms with Gasteiger partial charge in [-0.05, 0) is 77.0 Å². The summed E-state index contributed by atoms with van der Waals surface area (Å²) in [6, 6.07) is 0. The van der Waals surface area contributed by atoms with Gasteiger partial charge < -0.3 is 4.74 Å². The van der Waals surface area contributed by atoms with E-state index >= 15 is 0 Å². The van der Waals surface area contributed by atoms with E-state index in [4.69, 9.17) is 4.74 Å². The molecule has 0 atom stereocenters. The summed E-state index contributed by atoms with van der Waals surface area (Å²) in [7, 11) is 0. The molecule has 2 heteroatoms. The van der Waals surface area contributed by atoms with Gasteiger partial charge in [0.1, 0.15) is 0 Å². The maximum Gasteiger partial charge on any atom is 0.0822 e. The van der Waals surface area contributed by atoms with Crippen LogP contribution in [0.15, 0.2) is 36.5 Å². The third-order valence-electron chi connectivity index (χ3n) is 7.33. The molecule has 0 aromatic carbocycles. The summed E-state index contributed by atoms with van der Waals surface area (Å²) in [5, 5.41) is 10.4. The van der Waals surface area contributed by atoms with Crippen molar-refractivity contribution < 1.29 is 9.84 Å². The molecule has 0 saturated carbocycles. The fraction of sp³-hybridized carbons (Fsp3) is 0.833. The Balaban J connectivity index is 3.16. The Labute approximate surface area is 239 Å². The second-order valence-electron chi connectivity index (χ2n) is 11.2. The molecule has 0 rings (SSSR count). The summed E-state index contributed by atoms with van der Waals surface area (Å²) in [5.74, 6) is 0. The highest BCUT2D eigenvalue weighted by molar-refractivity contribution is 4.92. The Morgan fingerprint density at radius 1 is 0.395 bits per heavy atom. The molecule has 0 aromatic heterocycles. The first-order valence-electron chi connectivity index (χ1n) is 17.0. The van der Waals surface area contributed by atoms with E-state index in [0.29, 0.717) is 0 Å². The topological polar surface area (TPSA) is 29.1 Å². The van der Waals surface area contributed by atoms with Crippen LogP contribution in [0.5, 0.6) is 0 Å².